The zero-order valence-corrected chi connectivity index (χ0v) is 25.6. The molecule has 2 atom stereocenters. The van der Waals surface area contributed by atoms with E-state index in [1.54, 1.807) is 0 Å². The van der Waals surface area contributed by atoms with Crippen LogP contribution in [-0.2, 0) is 15.8 Å². The molecule has 0 spiro atoms. The minimum Gasteiger partial charge on any atom is -0.407 e. The van der Waals surface area contributed by atoms with Gasteiger partial charge in [0.2, 0.25) is 0 Å². The molecule has 210 valence electrons. The van der Waals surface area contributed by atoms with Crippen molar-refractivity contribution in [2.24, 2.45) is 0 Å². The van der Waals surface area contributed by atoms with Gasteiger partial charge in [0.05, 0.1) is 12.7 Å². The third-order valence-corrected chi connectivity index (χ3v) is 12.6. The number of halogens is 1. The molecular formula is C34H45ClO3Si. The number of hydrogen-bond donors (Lipinski definition) is 1. The second kappa shape index (κ2) is 15.5. The van der Waals surface area contributed by atoms with Crippen LogP contribution in [0.2, 0.25) is 5.04 Å². The number of benzene rings is 3. The number of hydrogen-bond acceptors (Lipinski definition) is 3. The van der Waals surface area contributed by atoms with Gasteiger partial charge in [0.25, 0.3) is 8.32 Å². The molecule has 0 radical (unpaired) electrons. The highest BCUT2D eigenvalue weighted by Gasteiger charge is 2.49. The van der Waals surface area contributed by atoms with Crippen molar-refractivity contribution >= 4 is 30.3 Å². The summed E-state index contributed by atoms with van der Waals surface area (Å²) in [5.74, 6) is 0. The van der Waals surface area contributed by atoms with Crippen LogP contribution in [0.4, 0.5) is 0 Å². The van der Waals surface area contributed by atoms with Crippen LogP contribution in [0.1, 0.15) is 58.4 Å². The van der Waals surface area contributed by atoms with Crippen LogP contribution >= 0.6 is 11.6 Å². The van der Waals surface area contributed by atoms with Gasteiger partial charge in [-0.15, -0.1) is 11.6 Å². The molecule has 3 nitrogen and oxygen atoms in total. The van der Waals surface area contributed by atoms with Crippen LogP contribution in [0.5, 0.6) is 0 Å². The van der Waals surface area contributed by atoms with Crippen molar-refractivity contribution < 1.29 is 14.3 Å². The Bertz CT molecular complexity index is 1060. The Labute approximate surface area is 242 Å². The first-order chi connectivity index (χ1) is 18.7. The second-order valence-corrected chi connectivity index (χ2v) is 16.2. The standard InChI is InChI=1S/C34H45ClO3Si/c1-28(33(36)23-15-24-37-27-29-16-8-5-9-17-29)26-30(35)18-14-25-38-39(34(2,3)4,31-19-10-6-11-20-31)32-21-12-7-13-22-32/h5-13,16-17,19-22,30,33,36H,1,14-15,18,23-27H2,2-4H3/t30-,33?/m1/s1. The maximum absolute atomic E-state index is 10.6. The molecule has 5 heteroatoms. The van der Waals surface area contributed by atoms with E-state index in [0.717, 1.165) is 30.4 Å². The van der Waals surface area contributed by atoms with E-state index in [1.807, 2.05) is 18.2 Å². The zero-order chi connectivity index (χ0) is 28.1. The molecule has 0 heterocycles. The van der Waals surface area contributed by atoms with E-state index in [0.29, 0.717) is 32.7 Å². The van der Waals surface area contributed by atoms with Crippen molar-refractivity contribution in [1.82, 2.24) is 0 Å². The van der Waals surface area contributed by atoms with Crippen molar-refractivity contribution in [3.05, 3.63) is 109 Å². The summed E-state index contributed by atoms with van der Waals surface area (Å²) in [6.45, 7) is 12.9. The summed E-state index contributed by atoms with van der Waals surface area (Å²) in [6, 6.07) is 31.5. The molecule has 0 aliphatic carbocycles. The first kappa shape index (κ1) is 31.3. The van der Waals surface area contributed by atoms with Gasteiger partial charge in [-0.1, -0.05) is 118 Å². The van der Waals surface area contributed by atoms with Crippen LogP contribution in [0.3, 0.4) is 0 Å². The van der Waals surface area contributed by atoms with Crippen molar-refractivity contribution in [2.75, 3.05) is 13.2 Å². The van der Waals surface area contributed by atoms with Gasteiger partial charge in [-0.25, -0.2) is 0 Å². The normalized spacial score (nSPS) is 13.7. The van der Waals surface area contributed by atoms with Gasteiger partial charge in [-0.2, -0.15) is 0 Å². The molecule has 0 aliphatic rings. The van der Waals surface area contributed by atoms with E-state index < -0.39 is 14.4 Å². The molecule has 0 saturated carbocycles. The van der Waals surface area contributed by atoms with Gasteiger partial charge in [0.15, 0.2) is 0 Å². The molecule has 3 rings (SSSR count). The van der Waals surface area contributed by atoms with Gasteiger partial charge in [-0.3, -0.25) is 0 Å². The number of aliphatic hydroxyl groups is 1. The maximum atomic E-state index is 10.6. The molecule has 0 aliphatic heterocycles. The molecule has 1 N–H and O–H groups in total. The second-order valence-electron chi connectivity index (χ2n) is 11.3. The molecule has 3 aromatic rings. The fourth-order valence-electron chi connectivity index (χ4n) is 5.16. The average molecular weight is 565 g/mol. The lowest BCUT2D eigenvalue weighted by Crippen LogP contribution is -2.66. The van der Waals surface area contributed by atoms with E-state index in [9.17, 15) is 5.11 Å². The Balaban J connectivity index is 1.46. The molecule has 39 heavy (non-hydrogen) atoms. The zero-order valence-electron chi connectivity index (χ0n) is 23.8. The first-order valence-electron chi connectivity index (χ1n) is 14.1. The third-order valence-electron chi connectivity index (χ3n) is 7.23. The van der Waals surface area contributed by atoms with Crippen LogP contribution in [-0.4, -0.2) is 38.1 Å². The van der Waals surface area contributed by atoms with Crippen molar-refractivity contribution in [3.8, 4) is 0 Å². The third kappa shape index (κ3) is 9.16. The van der Waals surface area contributed by atoms with Crippen LogP contribution in [0, 0.1) is 0 Å². The van der Waals surface area contributed by atoms with E-state index in [-0.39, 0.29) is 10.4 Å². The fraction of sp³-hybridized carbons (Fsp3) is 0.412. The lowest BCUT2D eigenvalue weighted by molar-refractivity contribution is 0.104. The summed E-state index contributed by atoms with van der Waals surface area (Å²) in [7, 11) is -2.53. The topological polar surface area (TPSA) is 38.7 Å². The molecule has 0 amide bonds. The van der Waals surface area contributed by atoms with Crippen molar-refractivity contribution in [3.63, 3.8) is 0 Å². The average Bonchev–Trinajstić information content (AvgIpc) is 2.93. The Morgan fingerprint density at radius 3 is 1.87 bits per heavy atom. The quantitative estimate of drug-likeness (QED) is 0.0861. The van der Waals surface area contributed by atoms with Crippen LogP contribution in [0.25, 0.3) is 0 Å². The summed E-state index contributed by atoms with van der Waals surface area (Å²) in [4.78, 5) is 0. The van der Waals surface area contributed by atoms with Gasteiger partial charge < -0.3 is 14.3 Å². The molecular weight excluding hydrogens is 520 g/mol. The molecule has 0 saturated heterocycles. The summed E-state index contributed by atoms with van der Waals surface area (Å²) < 4.78 is 12.7. The fourth-order valence-corrected chi connectivity index (χ4v) is 10.1. The summed E-state index contributed by atoms with van der Waals surface area (Å²) in [5, 5.41) is 13.0. The van der Waals surface area contributed by atoms with E-state index >= 15 is 0 Å². The van der Waals surface area contributed by atoms with E-state index in [1.165, 1.54) is 10.4 Å². The Kier molecular flexibility index (Phi) is 12.5. The first-order valence-corrected chi connectivity index (χ1v) is 16.4. The Hall–Kier alpha value is -2.21. The van der Waals surface area contributed by atoms with Crippen molar-refractivity contribution in [2.45, 2.75) is 76.0 Å². The van der Waals surface area contributed by atoms with Crippen LogP contribution < -0.4 is 10.4 Å². The lowest BCUT2D eigenvalue weighted by Gasteiger charge is -2.43. The minimum absolute atomic E-state index is 0.0424. The highest BCUT2D eigenvalue weighted by molar-refractivity contribution is 6.99. The van der Waals surface area contributed by atoms with Gasteiger partial charge in [-0.05, 0) is 58.7 Å². The summed E-state index contributed by atoms with van der Waals surface area (Å²) in [5.41, 5.74) is 1.96. The number of aliphatic hydroxyl groups excluding tert-OH is 1. The van der Waals surface area contributed by atoms with Crippen molar-refractivity contribution in [1.29, 1.82) is 0 Å². The molecule has 3 aromatic carbocycles. The molecule has 0 fully saturated rings. The highest BCUT2D eigenvalue weighted by Crippen LogP contribution is 2.37. The summed E-state index contributed by atoms with van der Waals surface area (Å²) in [6.07, 6.45) is 3.13. The largest absolute Gasteiger partial charge is 0.407 e. The smallest absolute Gasteiger partial charge is 0.261 e. The predicted molar refractivity (Wildman–Crippen MR) is 168 cm³/mol. The van der Waals surface area contributed by atoms with Crippen LogP contribution in [0.15, 0.2) is 103 Å². The Morgan fingerprint density at radius 1 is 0.821 bits per heavy atom. The predicted octanol–water partition coefficient (Wildman–Crippen LogP) is 7.25. The van der Waals surface area contributed by atoms with E-state index in [2.05, 4.69) is 100 Å². The monoisotopic (exact) mass is 564 g/mol. The molecule has 0 aromatic heterocycles. The minimum atomic E-state index is -2.53. The highest BCUT2D eigenvalue weighted by atomic mass is 35.5. The number of alkyl halides is 1. The van der Waals surface area contributed by atoms with Gasteiger partial charge >= 0.3 is 0 Å². The van der Waals surface area contributed by atoms with Gasteiger partial charge in [0, 0.05) is 18.6 Å². The maximum Gasteiger partial charge on any atom is 0.261 e. The summed E-state index contributed by atoms with van der Waals surface area (Å²) >= 11 is 6.70. The Morgan fingerprint density at radius 2 is 1.33 bits per heavy atom. The molecule has 0 bridgehead atoms. The number of ether oxygens (including phenoxy) is 1. The van der Waals surface area contributed by atoms with Gasteiger partial charge in [0.1, 0.15) is 0 Å². The molecule has 1 unspecified atom stereocenters. The SMILES string of the molecule is C=C(C[C@H](Cl)CCCO[Si](c1ccccc1)(c1ccccc1)C(C)(C)C)C(O)CCCOCc1ccccc1. The lowest BCUT2D eigenvalue weighted by atomic mass is 10.0. The van der Waals surface area contributed by atoms with E-state index in [4.69, 9.17) is 20.8 Å². The number of rotatable bonds is 16.